The Labute approximate surface area is 265 Å². The normalized spacial score (nSPS) is 17.4. The lowest BCUT2D eigenvalue weighted by molar-refractivity contribution is 0.110. The minimum Gasteiger partial charge on any atom is -0.493 e. The molecule has 6 rings (SSSR count). The van der Waals surface area contributed by atoms with Crippen molar-refractivity contribution in [2.45, 2.75) is 26.1 Å². The summed E-state index contributed by atoms with van der Waals surface area (Å²) >= 11 is 0. The zero-order valence-electron chi connectivity index (χ0n) is 25.9. The number of benzene rings is 4. The summed E-state index contributed by atoms with van der Waals surface area (Å²) in [7, 11) is 0. The average molecular weight is 605 g/mol. The molecular formula is C39H40O6. The highest BCUT2D eigenvalue weighted by atomic mass is 16.6. The highest BCUT2D eigenvalue weighted by Crippen LogP contribution is 2.24. The van der Waals surface area contributed by atoms with Gasteiger partial charge in [0.1, 0.15) is 48.4 Å². The van der Waals surface area contributed by atoms with E-state index in [-0.39, 0.29) is 17.6 Å². The van der Waals surface area contributed by atoms with Crippen molar-refractivity contribution < 1.29 is 28.4 Å². The van der Waals surface area contributed by atoms with Gasteiger partial charge in [-0.2, -0.15) is 0 Å². The zero-order valence-corrected chi connectivity index (χ0v) is 25.9. The van der Waals surface area contributed by atoms with E-state index < -0.39 is 0 Å². The predicted octanol–water partition coefficient (Wildman–Crippen LogP) is 8.07. The van der Waals surface area contributed by atoms with Crippen LogP contribution in [0.3, 0.4) is 0 Å². The largest absolute Gasteiger partial charge is 0.493 e. The Kier molecular flexibility index (Phi) is 9.83. The molecule has 232 valence electrons. The molecule has 2 aliphatic heterocycles. The van der Waals surface area contributed by atoms with Gasteiger partial charge in [-0.3, -0.25) is 0 Å². The first-order valence-corrected chi connectivity index (χ1v) is 15.5. The van der Waals surface area contributed by atoms with E-state index in [1.54, 1.807) is 0 Å². The van der Waals surface area contributed by atoms with Gasteiger partial charge in [0, 0.05) is 5.41 Å². The summed E-state index contributed by atoms with van der Waals surface area (Å²) in [6.45, 7) is 8.22. The molecule has 4 aromatic carbocycles. The molecule has 2 heterocycles. The summed E-state index contributed by atoms with van der Waals surface area (Å²) in [6, 6.07) is 32.4. The summed E-state index contributed by atoms with van der Waals surface area (Å²) in [5.41, 5.74) is 4.28. The van der Waals surface area contributed by atoms with Gasteiger partial charge < -0.3 is 28.4 Å². The van der Waals surface area contributed by atoms with Gasteiger partial charge in [-0.25, -0.2) is 0 Å². The predicted molar refractivity (Wildman–Crippen MR) is 179 cm³/mol. The van der Waals surface area contributed by atoms with Crippen LogP contribution in [-0.2, 0) is 9.47 Å². The minimum absolute atomic E-state index is 0.166. The van der Waals surface area contributed by atoms with E-state index >= 15 is 0 Å². The molecule has 2 atom stereocenters. The smallest absolute Gasteiger partial charge is 0.119 e. The monoisotopic (exact) mass is 604 g/mol. The van der Waals surface area contributed by atoms with Crippen LogP contribution in [0.5, 0.6) is 23.0 Å². The number of hydrogen-bond acceptors (Lipinski definition) is 6. The van der Waals surface area contributed by atoms with Gasteiger partial charge in [-0.05, 0) is 70.8 Å². The summed E-state index contributed by atoms with van der Waals surface area (Å²) < 4.78 is 34.0. The minimum atomic E-state index is -0.166. The third-order valence-corrected chi connectivity index (χ3v) is 7.39. The number of ether oxygens (including phenoxy) is 6. The third kappa shape index (κ3) is 10.3. The second-order valence-corrected chi connectivity index (χ2v) is 12.2. The second-order valence-electron chi connectivity index (χ2n) is 12.2. The van der Waals surface area contributed by atoms with Gasteiger partial charge in [0.05, 0.1) is 26.4 Å². The highest BCUT2D eigenvalue weighted by molar-refractivity contribution is 5.71. The molecule has 4 aromatic rings. The van der Waals surface area contributed by atoms with Crippen molar-refractivity contribution in [1.82, 2.24) is 0 Å². The highest BCUT2D eigenvalue weighted by Gasteiger charge is 2.23. The van der Waals surface area contributed by atoms with Crippen molar-refractivity contribution in [3.05, 3.63) is 119 Å². The first-order valence-electron chi connectivity index (χ1n) is 15.5. The molecule has 6 heteroatoms. The first kappa shape index (κ1) is 30.5. The maximum atomic E-state index is 6.11. The fourth-order valence-corrected chi connectivity index (χ4v) is 4.39. The Morgan fingerprint density at radius 2 is 0.756 bits per heavy atom. The van der Waals surface area contributed by atoms with Crippen LogP contribution in [0.1, 0.15) is 36.1 Å². The maximum absolute atomic E-state index is 6.11. The van der Waals surface area contributed by atoms with E-state index in [2.05, 4.69) is 86.7 Å². The Balaban J connectivity index is 0.910. The summed E-state index contributed by atoms with van der Waals surface area (Å²) in [6.07, 6.45) is 8.89. The Bertz CT molecular complexity index is 1430. The van der Waals surface area contributed by atoms with E-state index in [4.69, 9.17) is 28.4 Å². The molecule has 0 saturated carbocycles. The number of hydrogen-bond donors (Lipinski definition) is 0. The van der Waals surface area contributed by atoms with Gasteiger partial charge in [-0.1, -0.05) is 86.7 Å². The summed E-state index contributed by atoms with van der Waals surface area (Å²) in [4.78, 5) is 0. The fourth-order valence-electron chi connectivity index (χ4n) is 4.39. The molecule has 0 bridgehead atoms. The van der Waals surface area contributed by atoms with Gasteiger partial charge in [0.15, 0.2) is 0 Å². The average Bonchev–Trinajstić information content (AvgIpc) is 4.01. The van der Waals surface area contributed by atoms with Crippen molar-refractivity contribution in [1.29, 1.82) is 0 Å². The lowest BCUT2D eigenvalue weighted by Gasteiger charge is -2.25. The van der Waals surface area contributed by atoms with Gasteiger partial charge in [0.25, 0.3) is 0 Å². The number of epoxide rings is 2. The van der Waals surface area contributed by atoms with E-state index in [0.717, 1.165) is 58.5 Å². The second kappa shape index (κ2) is 14.5. The van der Waals surface area contributed by atoms with Crippen LogP contribution in [0.15, 0.2) is 97.1 Å². The quantitative estimate of drug-likeness (QED) is 0.0952. The molecule has 0 aromatic heterocycles. The van der Waals surface area contributed by atoms with Crippen molar-refractivity contribution in [2.24, 2.45) is 5.41 Å². The lowest BCUT2D eigenvalue weighted by Crippen LogP contribution is -2.28. The molecule has 2 aliphatic rings. The van der Waals surface area contributed by atoms with E-state index in [9.17, 15) is 0 Å². The molecule has 6 nitrogen and oxygen atoms in total. The van der Waals surface area contributed by atoms with E-state index in [1.807, 2.05) is 48.5 Å². The fraction of sp³-hybridized carbons (Fsp3) is 0.282. The van der Waals surface area contributed by atoms with Gasteiger partial charge in [-0.15, -0.1) is 0 Å². The van der Waals surface area contributed by atoms with Crippen molar-refractivity contribution in [2.75, 3.05) is 39.6 Å². The molecule has 2 fully saturated rings. The Morgan fingerprint density at radius 3 is 1.02 bits per heavy atom. The maximum Gasteiger partial charge on any atom is 0.119 e. The molecule has 2 saturated heterocycles. The molecule has 2 unspecified atom stereocenters. The van der Waals surface area contributed by atoms with Gasteiger partial charge >= 0.3 is 0 Å². The van der Waals surface area contributed by atoms with Crippen molar-refractivity contribution >= 4 is 24.3 Å². The Hall–Kier alpha value is -4.52. The molecule has 0 radical (unpaired) electrons. The molecule has 45 heavy (non-hydrogen) atoms. The summed E-state index contributed by atoms with van der Waals surface area (Å²) in [5, 5.41) is 0. The molecular weight excluding hydrogens is 564 g/mol. The van der Waals surface area contributed by atoms with E-state index in [0.29, 0.717) is 26.4 Å². The summed E-state index contributed by atoms with van der Waals surface area (Å²) in [5.74, 6) is 3.41. The molecule has 0 N–H and O–H groups in total. The lowest BCUT2D eigenvalue weighted by atomic mass is 9.96. The molecule has 0 aliphatic carbocycles. The third-order valence-electron chi connectivity index (χ3n) is 7.39. The van der Waals surface area contributed by atoms with Crippen molar-refractivity contribution in [3.63, 3.8) is 0 Å². The van der Waals surface area contributed by atoms with Crippen LogP contribution < -0.4 is 18.9 Å². The standard InChI is InChI=1S/C39H40O6/c1-39(2,27-44-35-19-11-31(12-20-35)5-3-29-7-15-33(16-8-29)40-23-37-25-42-37)28-45-36-21-13-32(14-22-36)6-4-30-9-17-34(18-10-30)41-24-38-26-43-38/h3-22,37-38H,23-28H2,1-2H3. The molecule has 0 spiro atoms. The Morgan fingerprint density at radius 1 is 0.489 bits per heavy atom. The van der Waals surface area contributed by atoms with Crippen LogP contribution in [0.25, 0.3) is 24.3 Å². The SMILES string of the molecule is CC(C)(COc1ccc(C=Cc2ccc(OCC3CO3)cc2)cc1)COc1ccc(C=Cc2ccc(OCC3CO3)cc2)cc1. The first-order chi connectivity index (χ1) is 22.0. The number of rotatable bonds is 16. The van der Waals surface area contributed by atoms with E-state index in [1.165, 1.54) is 0 Å². The van der Waals surface area contributed by atoms with Crippen LogP contribution in [0, 0.1) is 5.41 Å². The van der Waals surface area contributed by atoms with Crippen LogP contribution in [-0.4, -0.2) is 51.8 Å². The van der Waals surface area contributed by atoms with Gasteiger partial charge in [0.2, 0.25) is 0 Å². The molecule has 0 amide bonds. The van der Waals surface area contributed by atoms with Crippen LogP contribution in [0.2, 0.25) is 0 Å². The van der Waals surface area contributed by atoms with Crippen LogP contribution >= 0.6 is 0 Å². The van der Waals surface area contributed by atoms with Crippen LogP contribution in [0.4, 0.5) is 0 Å². The topological polar surface area (TPSA) is 62.0 Å². The van der Waals surface area contributed by atoms with Crippen molar-refractivity contribution in [3.8, 4) is 23.0 Å². The zero-order chi connectivity index (χ0) is 30.9.